The highest BCUT2D eigenvalue weighted by molar-refractivity contribution is 9.10. The maximum atomic E-state index is 12.5. The SMILES string of the molecule is O=C1/C(=C\c2ccccc2)SC(=S)N1C(=O)c1ccc(Br)cc1. The monoisotopic (exact) mass is 403 g/mol. The van der Waals surface area contributed by atoms with Crippen LogP contribution < -0.4 is 0 Å². The van der Waals surface area contributed by atoms with Crippen molar-refractivity contribution >= 4 is 62.1 Å². The van der Waals surface area contributed by atoms with Crippen LogP contribution in [-0.4, -0.2) is 21.0 Å². The molecule has 0 aromatic heterocycles. The number of thioether (sulfide) groups is 1. The molecule has 0 unspecified atom stereocenters. The smallest absolute Gasteiger partial charge is 0.268 e. The summed E-state index contributed by atoms with van der Waals surface area (Å²) in [6.45, 7) is 0. The van der Waals surface area contributed by atoms with E-state index < -0.39 is 5.91 Å². The van der Waals surface area contributed by atoms with Crippen molar-refractivity contribution in [3.8, 4) is 0 Å². The molecule has 0 spiro atoms. The third kappa shape index (κ3) is 3.44. The molecule has 3 nitrogen and oxygen atoms in total. The Balaban J connectivity index is 1.88. The van der Waals surface area contributed by atoms with E-state index >= 15 is 0 Å². The number of nitrogens with zero attached hydrogens (tertiary/aromatic N) is 1. The van der Waals surface area contributed by atoms with Gasteiger partial charge in [-0.3, -0.25) is 9.59 Å². The molecule has 2 amide bonds. The van der Waals surface area contributed by atoms with E-state index in [0.29, 0.717) is 10.5 Å². The Morgan fingerprint density at radius 2 is 1.74 bits per heavy atom. The van der Waals surface area contributed by atoms with Gasteiger partial charge in [-0.25, -0.2) is 4.90 Å². The van der Waals surface area contributed by atoms with Crippen LogP contribution in [0.1, 0.15) is 15.9 Å². The first-order valence-electron chi connectivity index (χ1n) is 6.69. The molecule has 2 aromatic rings. The Labute approximate surface area is 151 Å². The van der Waals surface area contributed by atoms with Gasteiger partial charge in [-0.15, -0.1) is 0 Å². The molecule has 23 heavy (non-hydrogen) atoms. The minimum absolute atomic E-state index is 0.255. The van der Waals surface area contributed by atoms with Gasteiger partial charge >= 0.3 is 0 Å². The quantitative estimate of drug-likeness (QED) is 0.420. The number of carbonyl (C=O) groups is 2. The molecular weight excluding hydrogens is 394 g/mol. The predicted molar refractivity (Wildman–Crippen MR) is 99.9 cm³/mol. The summed E-state index contributed by atoms with van der Waals surface area (Å²) >= 11 is 9.67. The normalized spacial score (nSPS) is 16.2. The van der Waals surface area contributed by atoms with E-state index in [4.69, 9.17) is 12.2 Å². The molecular formula is C17H10BrNO2S2. The fourth-order valence-electron chi connectivity index (χ4n) is 2.07. The Hall–Kier alpha value is -1.76. The van der Waals surface area contributed by atoms with Gasteiger partial charge in [-0.2, -0.15) is 0 Å². The van der Waals surface area contributed by atoms with E-state index in [2.05, 4.69) is 15.9 Å². The molecule has 0 aliphatic carbocycles. The van der Waals surface area contributed by atoms with Crippen LogP contribution in [0.25, 0.3) is 6.08 Å². The topological polar surface area (TPSA) is 37.4 Å². The molecule has 6 heteroatoms. The maximum absolute atomic E-state index is 12.5. The number of imide groups is 1. The zero-order chi connectivity index (χ0) is 16.4. The second-order valence-corrected chi connectivity index (χ2v) is 7.33. The lowest BCUT2D eigenvalue weighted by Crippen LogP contribution is -2.34. The molecule has 0 bridgehead atoms. The van der Waals surface area contributed by atoms with Crippen molar-refractivity contribution in [2.45, 2.75) is 0 Å². The molecule has 0 radical (unpaired) electrons. The summed E-state index contributed by atoms with van der Waals surface area (Å²) in [6.07, 6.45) is 1.74. The van der Waals surface area contributed by atoms with Crippen LogP contribution in [0, 0.1) is 0 Å². The Kier molecular flexibility index (Phi) is 4.75. The zero-order valence-corrected chi connectivity index (χ0v) is 15.0. The van der Waals surface area contributed by atoms with Gasteiger partial charge in [-0.05, 0) is 35.9 Å². The highest BCUT2D eigenvalue weighted by atomic mass is 79.9. The average Bonchev–Trinajstić information content (AvgIpc) is 2.82. The molecule has 1 aliphatic rings. The first-order chi connectivity index (χ1) is 11.1. The minimum Gasteiger partial charge on any atom is -0.268 e. The van der Waals surface area contributed by atoms with Gasteiger partial charge < -0.3 is 0 Å². The van der Waals surface area contributed by atoms with E-state index in [1.807, 2.05) is 30.3 Å². The van der Waals surface area contributed by atoms with Gasteiger partial charge in [0.2, 0.25) is 0 Å². The van der Waals surface area contributed by atoms with Crippen LogP contribution in [0.3, 0.4) is 0 Å². The third-order valence-corrected chi connectivity index (χ3v) is 5.02. The van der Waals surface area contributed by atoms with E-state index in [-0.39, 0.29) is 10.2 Å². The first kappa shape index (κ1) is 16.1. The Bertz CT molecular complexity index is 816. The minimum atomic E-state index is -0.406. The highest BCUT2D eigenvalue weighted by Gasteiger charge is 2.37. The maximum Gasteiger partial charge on any atom is 0.273 e. The molecule has 0 N–H and O–H groups in total. The van der Waals surface area contributed by atoms with Crippen molar-refractivity contribution < 1.29 is 9.59 Å². The largest absolute Gasteiger partial charge is 0.273 e. The molecule has 1 aliphatic heterocycles. The highest BCUT2D eigenvalue weighted by Crippen LogP contribution is 2.33. The summed E-state index contributed by atoms with van der Waals surface area (Å²) in [7, 11) is 0. The van der Waals surface area contributed by atoms with Crippen LogP contribution in [0.2, 0.25) is 0 Å². The first-order valence-corrected chi connectivity index (χ1v) is 8.71. The molecule has 3 rings (SSSR count). The molecule has 2 aromatic carbocycles. The van der Waals surface area contributed by atoms with Crippen molar-refractivity contribution in [2.75, 3.05) is 0 Å². The zero-order valence-electron chi connectivity index (χ0n) is 11.7. The molecule has 1 saturated heterocycles. The molecule has 0 saturated carbocycles. The second-order valence-electron chi connectivity index (χ2n) is 4.74. The lowest BCUT2D eigenvalue weighted by atomic mass is 10.2. The van der Waals surface area contributed by atoms with Gasteiger partial charge in [0, 0.05) is 10.0 Å². The van der Waals surface area contributed by atoms with Crippen LogP contribution in [0.4, 0.5) is 0 Å². The van der Waals surface area contributed by atoms with E-state index in [1.54, 1.807) is 30.3 Å². The van der Waals surface area contributed by atoms with E-state index in [0.717, 1.165) is 26.7 Å². The number of hydrogen-bond acceptors (Lipinski definition) is 4. The second kappa shape index (κ2) is 6.78. The molecule has 0 atom stereocenters. The lowest BCUT2D eigenvalue weighted by molar-refractivity contribution is -0.120. The predicted octanol–water partition coefficient (Wildman–Crippen LogP) is 4.49. The molecule has 114 valence electrons. The summed E-state index contributed by atoms with van der Waals surface area (Å²) in [6, 6.07) is 16.3. The fourth-order valence-corrected chi connectivity index (χ4v) is 3.58. The van der Waals surface area contributed by atoms with Crippen molar-refractivity contribution in [3.63, 3.8) is 0 Å². The Morgan fingerprint density at radius 3 is 2.39 bits per heavy atom. The number of benzene rings is 2. The van der Waals surface area contributed by atoms with Gasteiger partial charge in [0.25, 0.3) is 11.8 Å². The molecule has 1 heterocycles. The van der Waals surface area contributed by atoms with Crippen molar-refractivity contribution in [1.29, 1.82) is 0 Å². The standard InChI is InChI=1S/C17H10BrNO2S2/c18-13-8-6-12(7-9-13)15(20)19-16(21)14(23-17(19)22)10-11-4-2-1-3-5-11/h1-10H/b14-10+. The third-order valence-electron chi connectivity index (χ3n) is 3.19. The fraction of sp³-hybridized carbons (Fsp3) is 0. The summed E-state index contributed by atoms with van der Waals surface area (Å²) in [5, 5.41) is 0. The van der Waals surface area contributed by atoms with Crippen molar-refractivity contribution in [2.24, 2.45) is 0 Å². The van der Waals surface area contributed by atoms with Crippen LogP contribution in [0.15, 0.2) is 64.0 Å². The van der Waals surface area contributed by atoms with E-state index in [9.17, 15) is 9.59 Å². The van der Waals surface area contributed by atoms with Gasteiger partial charge in [0.05, 0.1) is 4.91 Å². The van der Waals surface area contributed by atoms with E-state index in [1.165, 1.54) is 0 Å². The van der Waals surface area contributed by atoms with Crippen molar-refractivity contribution in [1.82, 2.24) is 4.90 Å². The van der Waals surface area contributed by atoms with Crippen LogP contribution in [0.5, 0.6) is 0 Å². The Morgan fingerprint density at radius 1 is 1.09 bits per heavy atom. The van der Waals surface area contributed by atoms with Crippen LogP contribution in [-0.2, 0) is 4.79 Å². The van der Waals surface area contributed by atoms with Crippen molar-refractivity contribution in [3.05, 3.63) is 75.1 Å². The number of rotatable bonds is 2. The summed E-state index contributed by atoms with van der Waals surface area (Å²) in [4.78, 5) is 26.6. The summed E-state index contributed by atoms with van der Waals surface area (Å²) in [5.74, 6) is -0.784. The summed E-state index contributed by atoms with van der Waals surface area (Å²) in [5.41, 5.74) is 1.31. The van der Waals surface area contributed by atoms with Gasteiger partial charge in [0.15, 0.2) is 4.32 Å². The summed E-state index contributed by atoms with van der Waals surface area (Å²) < 4.78 is 1.12. The van der Waals surface area contributed by atoms with Gasteiger partial charge in [-0.1, -0.05) is 70.2 Å². The molecule has 1 fully saturated rings. The van der Waals surface area contributed by atoms with Gasteiger partial charge in [0.1, 0.15) is 0 Å². The number of amides is 2. The average molecular weight is 404 g/mol. The van der Waals surface area contributed by atoms with Crippen LogP contribution >= 0.6 is 39.9 Å². The number of carbonyl (C=O) groups excluding carboxylic acids is 2. The number of thiocarbonyl (C=S) groups is 1. The number of hydrogen-bond donors (Lipinski definition) is 0. The number of halogens is 1. The lowest BCUT2D eigenvalue weighted by Gasteiger charge is -2.12.